The van der Waals surface area contributed by atoms with E-state index in [1.165, 1.54) is 50.9 Å². The van der Waals surface area contributed by atoms with Crippen LogP contribution in [0.5, 0.6) is 0 Å². The van der Waals surface area contributed by atoms with E-state index in [2.05, 4.69) is 61.6 Å². The highest BCUT2D eigenvalue weighted by Crippen LogP contribution is 2.45. The molecule has 2 aliphatic heterocycles. The van der Waals surface area contributed by atoms with Gasteiger partial charge >= 0.3 is 0 Å². The molecule has 0 saturated carbocycles. The lowest BCUT2D eigenvalue weighted by atomic mass is 9.64. The summed E-state index contributed by atoms with van der Waals surface area (Å²) in [4.78, 5) is 5.10. The Labute approximate surface area is 167 Å². The van der Waals surface area contributed by atoms with Crippen molar-refractivity contribution in [3.8, 4) is 11.4 Å². The Morgan fingerprint density at radius 1 is 1.11 bits per heavy atom. The number of hydrogen-bond donors (Lipinski definition) is 2. The van der Waals surface area contributed by atoms with E-state index in [4.69, 9.17) is 0 Å². The molecule has 1 aromatic carbocycles. The van der Waals surface area contributed by atoms with E-state index < -0.39 is 0 Å². The Morgan fingerprint density at radius 2 is 1.82 bits per heavy atom. The standard InChI is InChI=1S/C21H32N6O/c1-2-10-26-11-7-21(8-12-26)9-13-27(15-19(21)16-28)14-17-3-5-18(6-4-17)20-22-24-25-23-20/h3-6,19,28H,2,7-16H2,1H3,(H,22,23,24,25). The van der Waals surface area contributed by atoms with Gasteiger partial charge in [-0.05, 0) is 68.1 Å². The largest absolute Gasteiger partial charge is 0.396 e. The zero-order valence-corrected chi connectivity index (χ0v) is 16.8. The summed E-state index contributed by atoms with van der Waals surface area (Å²) in [5.74, 6) is 1.02. The van der Waals surface area contributed by atoms with Crippen molar-refractivity contribution in [3.05, 3.63) is 29.8 Å². The van der Waals surface area contributed by atoms with Crippen molar-refractivity contribution in [2.45, 2.75) is 39.2 Å². The maximum atomic E-state index is 10.1. The third kappa shape index (κ3) is 4.11. The van der Waals surface area contributed by atoms with Crippen molar-refractivity contribution in [1.82, 2.24) is 30.4 Å². The zero-order valence-electron chi connectivity index (χ0n) is 16.8. The van der Waals surface area contributed by atoms with Crippen LogP contribution in [0.4, 0.5) is 0 Å². The summed E-state index contributed by atoms with van der Waals surface area (Å²) < 4.78 is 0. The Balaban J connectivity index is 1.35. The molecular weight excluding hydrogens is 352 g/mol. The molecule has 0 bridgehead atoms. The van der Waals surface area contributed by atoms with Gasteiger partial charge in [-0.25, -0.2) is 0 Å². The molecule has 2 aliphatic rings. The van der Waals surface area contributed by atoms with Gasteiger partial charge in [-0.1, -0.05) is 31.2 Å². The van der Waals surface area contributed by atoms with Crippen molar-refractivity contribution in [2.75, 3.05) is 39.3 Å². The summed E-state index contributed by atoms with van der Waals surface area (Å²) in [6.45, 7) is 9.22. The molecule has 1 atom stereocenters. The highest BCUT2D eigenvalue weighted by Gasteiger charge is 2.44. The van der Waals surface area contributed by atoms with E-state index in [0.717, 1.165) is 25.2 Å². The monoisotopic (exact) mass is 384 g/mol. The molecule has 1 aromatic heterocycles. The van der Waals surface area contributed by atoms with E-state index in [-0.39, 0.29) is 0 Å². The lowest BCUT2D eigenvalue weighted by Gasteiger charge is -2.51. The maximum Gasteiger partial charge on any atom is 0.204 e. The predicted octanol–water partition coefficient (Wildman–Crippen LogP) is 2.17. The Bertz CT molecular complexity index is 724. The fourth-order valence-electron chi connectivity index (χ4n) is 5.07. The molecule has 4 rings (SSSR count). The Morgan fingerprint density at radius 3 is 2.43 bits per heavy atom. The number of benzene rings is 1. The molecule has 28 heavy (non-hydrogen) atoms. The molecule has 7 heteroatoms. The van der Waals surface area contributed by atoms with Crippen LogP contribution in [-0.2, 0) is 6.54 Å². The molecule has 0 radical (unpaired) electrons. The number of hydrogen-bond acceptors (Lipinski definition) is 6. The number of aliphatic hydroxyl groups excluding tert-OH is 1. The van der Waals surface area contributed by atoms with Crippen molar-refractivity contribution in [3.63, 3.8) is 0 Å². The second kappa shape index (κ2) is 8.68. The average molecular weight is 385 g/mol. The van der Waals surface area contributed by atoms with Crippen molar-refractivity contribution >= 4 is 0 Å². The third-order valence-electron chi connectivity index (χ3n) is 6.85. The van der Waals surface area contributed by atoms with Gasteiger partial charge < -0.3 is 10.0 Å². The Hall–Kier alpha value is -1.83. The van der Waals surface area contributed by atoms with Crippen LogP contribution in [-0.4, -0.2) is 74.9 Å². The molecule has 2 saturated heterocycles. The number of aromatic amines is 1. The molecule has 2 fully saturated rings. The lowest BCUT2D eigenvalue weighted by molar-refractivity contribution is -0.0436. The van der Waals surface area contributed by atoms with Crippen molar-refractivity contribution < 1.29 is 5.11 Å². The molecule has 3 heterocycles. The van der Waals surface area contributed by atoms with E-state index in [1.807, 2.05) is 0 Å². The van der Waals surface area contributed by atoms with Crippen molar-refractivity contribution in [1.29, 1.82) is 0 Å². The van der Waals surface area contributed by atoms with Crippen LogP contribution in [0.25, 0.3) is 11.4 Å². The second-order valence-electron chi connectivity index (χ2n) is 8.50. The van der Waals surface area contributed by atoms with Gasteiger partial charge in [0.25, 0.3) is 0 Å². The second-order valence-corrected chi connectivity index (χ2v) is 8.50. The number of tetrazole rings is 1. The molecule has 7 nitrogen and oxygen atoms in total. The van der Waals surface area contributed by atoms with E-state index in [0.29, 0.717) is 23.8 Å². The van der Waals surface area contributed by atoms with Crippen LogP contribution in [0.3, 0.4) is 0 Å². The van der Waals surface area contributed by atoms with Crippen LogP contribution in [0.2, 0.25) is 0 Å². The number of H-pyrrole nitrogens is 1. The van der Waals surface area contributed by atoms with Crippen LogP contribution in [0, 0.1) is 11.3 Å². The maximum absolute atomic E-state index is 10.1. The van der Waals surface area contributed by atoms with E-state index in [1.54, 1.807) is 0 Å². The first-order valence-electron chi connectivity index (χ1n) is 10.6. The quantitative estimate of drug-likeness (QED) is 0.794. The number of piperidine rings is 2. The highest BCUT2D eigenvalue weighted by molar-refractivity contribution is 5.54. The van der Waals surface area contributed by atoms with Gasteiger partial charge in [0.1, 0.15) is 0 Å². The van der Waals surface area contributed by atoms with Gasteiger partial charge in [0, 0.05) is 31.2 Å². The smallest absolute Gasteiger partial charge is 0.204 e. The molecule has 1 spiro atoms. The molecule has 2 N–H and O–H groups in total. The minimum atomic E-state index is 0.307. The fraction of sp³-hybridized carbons (Fsp3) is 0.667. The topological polar surface area (TPSA) is 81.2 Å². The number of nitrogens with zero attached hydrogens (tertiary/aromatic N) is 5. The summed E-state index contributed by atoms with van der Waals surface area (Å²) in [6.07, 6.45) is 4.92. The summed E-state index contributed by atoms with van der Waals surface area (Å²) >= 11 is 0. The fourth-order valence-corrected chi connectivity index (χ4v) is 5.07. The van der Waals surface area contributed by atoms with Crippen LogP contribution >= 0.6 is 0 Å². The minimum absolute atomic E-state index is 0.307. The summed E-state index contributed by atoms with van der Waals surface area (Å²) in [7, 11) is 0. The molecule has 0 amide bonds. The lowest BCUT2D eigenvalue weighted by Crippen LogP contribution is -2.53. The highest BCUT2D eigenvalue weighted by atomic mass is 16.3. The molecule has 2 aromatic rings. The van der Waals surface area contributed by atoms with Gasteiger partial charge in [-0.2, -0.15) is 5.21 Å². The van der Waals surface area contributed by atoms with Gasteiger partial charge in [-0.15, -0.1) is 10.2 Å². The van der Waals surface area contributed by atoms with Crippen LogP contribution in [0.1, 0.15) is 38.2 Å². The number of aliphatic hydroxyl groups is 1. The number of aromatic nitrogens is 4. The predicted molar refractivity (Wildman–Crippen MR) is 108 cm³/mol. The minimum Gasteiger partial charge on any atom is -0.396 e. The molecule has 152 valence electrons. The molecular formula is C21H32N6O. The third-order valence-corrected chi connectivity index (χ3v) is 6.85. The van der Waals surface area contributed by atoms with Gasteiger partial charge in [-0.3, -0.25) is 4.90 Å². The number of likely N-dealkylation sites (tertiary alicyclic amines) is 2. The summed E-state index contributed by atoms with van der Waals surface area (Å²) in [6, 6.07) is 8.40. The number of nitrogens with one attached hydrogen (secondary N) is 1. The normalized spacial score (nSPS) is 23.3. The first-order chi connectivity index (χ1) is 13.7. The summed E-state index contributed by atoms with van der Waals surface area (Å²) in [5.41, 5.74) is 2.61. The number of rotatable bonds is 6. The zero-order chi connectivity index (χ0) is 19.4. The summed E-state index contributed by atoms with van der Waals surface area (Å²) in [5, 5.41) is 24.3. The van der Waals surface area contributed by atoms with Gasteiger partial charge in [0.2, 0.25) is 5.82 Å². The average Bonchev–Trinajstić information content (AvgIpc) is 3.27. The van der Waals surface area contributed by atoms with Gasteiger partial charge in [0.15, 0.2) is 0 Å². The molecule has 1 unspecified atom stereocenters. The Kier molecular flexibility index (Phi) is 6.04. The molecule has 0 aliphatic carbocycles. The van der Waals surface area contributed by atoms with Crippen LogP contribution < -0.4 is 0 Å². The van der Waals surface area contributed by atoms with E-state index in [9.17, 15) is 5.11 Å². The van der Waals surface area contributed by atoms with Gasteiger partial charge in [0.05, 0.1) is 0 Å². The van der Waals surface area contributed by atoms with Crippen molar-refractivity contribution in [2.24, 2.45) is 11.3 Å². The first kappa shape index (κ1) is 19.5. The first-order valence-corrected chi connectivity index (χ1v) is 10.6. The van der Waals surface area contributed by atoms with Crippen LogP contribution in [0.15, 0.2) is 24.3 Å². The van der Waals surface area contributed by atoms with E-state index >= 15 is 0 Å². The SMILES string of the molecule is CCCN1CCC2(CC1)CCN(Cc1ccc(-c3nn[nH]n3)cc1)CC2CO.